The van der Waals surface area contributed by atoms with Crippen LogP contribution in [0.2, 0.25) is 0 Å². The topological polar surface area (TPSA) is 121 Å². The molecule has 1 atom stereocenters. The van der Waals surface area contributed by atoms with Gasteiger partial charge in [0, 0.05) is 25.4 Å². The summed E-state index contributed by atoms with van der Waals surface area (Å²) in [5.74, 6) is -2.13. The molecule has 0 bridgehead atoms. The standard InChI is InChI=1S/C13H13N3O5/c17-6-4-9(13(20)21)15-11(18)8-7-14-10-3-1-2-5-16(10)12(8)19/h1-3,5,7,9,17H,4,6H2,(H,15,18)(H,20,21)/t9-/m1/s1. The van der Waals surface area contributed by atoms with Crippen LogP contribution in [0, 0.1) is 0 Å². The van der Waals surface area contributed by atoms with Crippen molar-refractivity contribution in [1.82, 2.24) is 14.7 Å². The molecule has 2 heterocycles. The summed E-state index contributed by atoms with van der Waals surface area (Å²) in [5.41, 5.74) is -0.474. The molecular weight excluding hydrogens is 278 g/mol. The van der Waals surface area contributed by atoms with E-state index in [4.69, 9.17) is 10.2 Å². The summed E-state index contributed by atoms with van der Waals surface area (Å²) in [6.07, 6.45) is 2.41. The van der Waals surface area contributed by atoms with Gasteiger partial charge in [0.05, 0.1) is 0 Å². The average molecular weight is 291 g/mol. The van der Waals surface area contributed by atoms with E-state index in [-0.39, 0.29) is 12.0 Å². The minimum Gasteiger partial charge on any atom is -0.480 e. The van der Waals surface area contributed by atoms with Crippen LogP contribution in [0.15, 0.2) is 35.4 Å². The largest absolute Gasteiger partial charge is 0.480 e. The summed E-state index contributed by atoms with van der Waals surface area (Å²) in [6.45, 7) is -0.397. The van der Waals surface area contributed by atoms with Crippen molar-refractivity contribution in [2.75, 3.05) is 6.61 Å². The summed E-state index contributed by atoms with van der Waals surface area (Å²) < 4.78 is 1.19. The number of aliphatic hydroxyl groups excluding tert-OH is 1. The number of aromatic nitrogens is 2. The van der Waals surface area contributed by atoms with Crippen LogP contribution in [0.1, 0.15) is 16.8 Å². The van der Waals surface area contributed by atoms with Gasteiger partial charge >= 0.3 is 5.97 Å². The molecule has 110 valence electrons. The van der Waals surface area contributed by atoms with E-state index in [2.05, 4.69) is 10.3 Å². The lowest BCUT2D eigenvalue weighted by atomic mass is 10.2. The molecule has 0 saturated carbocycles. The minimum atomic E-state index is -1.29. The zero-order chi connectivity index (χ0) is 15.4. The number of nitrogens with one attached hydrogen (secondary N) is 1. The van der Waals surface area contributed by atoms with Crippen molar-refractivity contribution in [2.45, 2.75) is 12.5 Å². The molecule has 21 heavy (non-hydrogen) atoms. The third kappa shape index (κ3) is 3.06. The van der Waals surface area contributed by atoms with Gasteiger partial charge < -0.3 is 15.5 Å². The van der Waals surface area contributed by atoms with Crippen LogP contribution in [-0.4, -0.2) is 44.1 Å². The lowest BCUT2D eigenvalue weighted by molar-refractivity contribution is -0.139. The molecule has 2 rings (SSSR count). The van der Waals surface area contributed by atoms with E-state index in [1.165, 1.54) is 10.6 Å². The number of aliphatic hydroxyl groups is 1. The van der Waals surface area contributed by atoms with Crippen LogP contribution in [0.5, 0.6) is 0 Å². The number of pyridine rings is 1. The first-order chi connectivity index (χ1) is 10.0. The highest BCUT2D eigenvalue weighted by Crippen LogP contribution is 1.99. The molecule has 8 heteroatoms. The number of nitrogens with zero attached hydrogens (tertiary/aromatic N) is 2. The average Bonchev–Trinajstić information content (AvgIpc) is 2.47. The Kier molecular flexibility index (Phi) is 4.29. The van der Waals surface area contributed by atoms with Crippen molar-refractivity contribution >= 4 is 17.5 Å². The molecular formula is C13H13N3O5. The van der Waals surface area contributed by atoms with Gasteiger partial charge in [0.15, 0.2) is 0 Å². The molecule has 3 N–H and O–H groups in total. The Hall–Kier alpha value is -2.74. The van der Waals surface area contributed by atoms with Crippen molar-refractivity contribution in [3.8, 4) is 0 Å². The quantitative estimate of drug-likeness (QED) is 0.667. The van der Waals surface area contributed by atoms with Gasteiger partial charge in [-0.1, -0.05) is 6.07 Å². The van der Waals surface area contributed by atoms with E-state index >= 15 is 0 Å². The first-order valence-electron chi connectivity index (χ1n) is 6.15. The lowest BCUT2D eigenvalue weighted by Crippen LogP contribution is -2.43. The van der Waals surface area contributed by atoms with Gasteiger partial charge in [-0.15, -0.1) is 0 Å². The second-order valence-electron chi connectivity index (χ2n) is 4.28. The predicted octanol–water partition coefficient (Wildman–Crippen LogP) is -0.740. The predicted molar refractivity (Wildman–Crippen MR) is 72.1 cm³/mol. The van der Waals surface area contributed by atoms with Gasteiger partial charge in [0.25, 0.3) is 11.5 Å². The summed E-state index contributed by atoms with van der Waals surface area (Å²) in [6, 6.07) is 3.65. The zero-order valence-corrected chi connectivity index (χ0v) is 10.9. The number of carboxylic acid groups (broad SMARTS) is 1. The van der Waals surface area contributed by atoms with E-state index in [1.807, 2.05) is 0 Å². The molecule has 0 aromatic carbocycles. The molecule has 0 radical (unpaired) electrons. The number of rotatable bonds is 5. The van der Waals surface area contributed by atoms with Gasteiger partial charge in [-0.05, 0) is 12.1 Å². The Morgan fingerprint density at radius 3 is 2.81 bits per heavy atom. The number of fused-ring (bicyclic) bond motifs is 1. The second-order valence-corrected chi connectivity index (χ2v) is 4.28. The van der Waals surface area contributed by atoms with Crippen molar-refractivity contribution in [3.63, 3.8) is 0 Å². The Morgan fingerprint density at radius 2 is 2.14 bits per heavy atom. The van der Waals surface area contributed by atoms with E-state index in [1.54, 1.807) is 18.2 Å². The Balaban J connectivity index is 2.33. The van der Waals surface area contributed by atoms with Crippen molar-refractivity contribution in [1.29, 1.82) is 0 Å². The van der Waals surface area contributed by atoms with Gasteiger partial charge in [0.2, 0.25) is 0 Å². The number of amides is 1. The molecule has 2 aromatic heterocycles. The third-order valence-electron chi connectivity index (χ3n) is 2.88. The Labute approximate surface area is 118 Å². The minimum absolute atomic E-state index is 0.149. The number of carbonyl (C=O) groups excluding carboxylic acids is 1. The molecule has 0 aliphatic carbocycles. The second kappa shape index (κ2) is 6.14. The van der Waals surface area contributed by atoms with Crippen molar-refractivity contribution < 1.29 is 19.8 Å². The first-order valence-corrected chi connectivity index (χ1v) is 6.15. The number of hydrogen-bond acceptors (Lipinski definition) is 5. The fraction of sp³-hybridized carbons (Fsp3) is 0.231. The summed E-state index contributed by atoms with van der Waals surface area (Å²) in [5, 5.41) is 19.9. The molecule has 8 nitrogen and oxygen atoms in total. The van der Waals surface area contributed by atoms with Crippen LogP contribution in [0.4, 0.5) is 0 Å². The maximum absolute atomic E-state index is 12.1. The third-order valence-corrected chi connectivity index (χ3v) is 2.88. The van der Waals surface area contributed by atoms with Gasteiger partial charge in [-0.25, -0.2) is 9.78 Å². The fourth-order valence-electron chi connectivity index (χ4n) is 1.80. The van der Waals surface area contributed by atoms with Crippen LogP contribution in [0.25, 0.3) is 5.65 Å². The molecule has 0 unspecified atom stereocenters. The number of carbonyl (C=O) groups is 2. The molecule has 2 aromatic rings. The highest BCUT2D eigenvalue weighted by molar-refractivity contribution is 5.96. The first kappa shape index (κ1) is 14.7. The monoisotopic (exact) mass is 291 g/mol. The van der Waals surface area contributed by atoms with Crippen LogP contribution in [-0.2, 0) is 4.79 Å². The summed E-state index contributed by atoms with van der Waals surface area (Å²) >= 11 is 0. The summed E-state index contributed by atoms with van der Waals surface area (Å²) in [7, 11) is 0. The highest BCUT2D eigenvalue weighted by Gasteiger charge is 2.22. The number of aliphatic carboxylic acids is 1. The lowest BCUT2D eigenvalue weighted by Gasteiger charge is -2.12. The van der Waals surface area contributed by atoms with E-state index in [0.717, 1.165) is 6.20 Å². The zero-order valence-electron chi connectivity index (χ0n) is 10.9. The molecule has 0 aliphatic rings. The SMILES string of the molecule is O=C(N[C@H](CCO)C(=O)O)c1cnc2ccccn2c1=O. The normalized spacial score (nSPS) is 12.0. The molecule has 0 saturated heterocycles. The molecule has 0 aliphatic heterocycles. The Morgan fingerprint density at radius 1 is 1.38 bits per heavy atom. The van der Waals surface area contributed by atoms with E-state index < -0.39 is 30.1 Å². The molecule has 1 amide bonds. The maximum atomic E-state index is 12.1. The highest BCUT2D eigenvalue weighted by atomic mass is 16.4. The van der Waals surface area contributed by atoms with E-state index in [9.17, 15) is 14.4 Å². The summed E-state index contributed by atoms with van der Waals surface area (Å²) in [4.78, 5) is 39.0. The number of hydrogen-bond donors (Lipinski definition) is 3. The number of carboxylic acids is 1. The molecule has 0 fully saturated rings. The molecule has 0 spiro atoms. The van der Waals surface area contributed by atoms with E-state index in [0.29, 0.717) is 5.65 Å². The van der Waals surface area contributed by atoms with Crippen LogP contribution in [0.3, 0.4) is 0 Å². The van der Waals surface area contributed by atoms with Crippen LogP contribution >= 0.6 is 0 Å². The van der Waals surface area contributed by atoms with Crippen molar-refractivity contribution in [3.05, 3.63) is 46.5 Å². The van der Waals surface area contributed by atoms with Gasteiger partial charge in [-0.2, -0.15) is 0 Å². The fourth-order valence-corrected chi connectivity index (χ4v) is 1.80. The van der Waals surface area contributed by atoms with Crippen LogP contribution < -0.4 is 10.9 Å². The van der Waals surface area contributed by atoms with Crippen molar-refractivity contribution in [2.24, 2.45) is 0 Å². The van der Waals surface area contributed by atoms with Gasteiger partial charge in [0.1, 0.15) is 17.3 Å². The maximum Gasteiger partial charge on any atom is 0.326 e. The Bertz CT molecular complexity index is 740. The van der Waals surface area contributed by atoms with Gasteiger partial charge in [-0.3, -0.25) is 14.0 Å². The smallest absolute Gasteiger partial charge is 0.326 e.